The molecular formula is C15H24BrNO. The number of hydrogen-bond acceptors (Lipinski definition) is 2. The monoisotopic (exact) mass is 313 g/mol. The molecule has 1 heterocycles. The van der Waals surface area contributed by atoms with Gasteiger partial charge in [-0.3, -0.25) is 4.98 Å². The van der Waals surface area contributed by atoms with E-state index in [1.165, 1.54) is 5.56 Å². The predicted octanol–water partition coefficient (Wildman–Crippen LogP) is 4.45. The fourth-order valence-electron chi connectivity index (χ4n) is 2.02. The summed E-state index contributed by atoms with van der Waals surface area (Å²) in [5.41, 5.74) is 3.70. The van der Waals surface area contributed by atoms with Gasteiger partial charge in [0.05, 0.1) is 7.11 Å². The summed E-state index contributed by atoms with van der Waals surface area (Å²) in [5, 5.41) is 0. The van der Waals surface area contributed by atoms with E-state index in [-0.39, 0.29) is 5.41 Å². The van der Waals surface area contributed by atoms with Gasteiger partial charge in [-0.1, -0.05) is 36.7 Å². The Kier molecular flexibility index (Phi) is 5.20. The standard InChI is InChI=1S/C15H24BrNO/c1-10-9-17-12(11(2)14(10)18-6)7-8-13(16)15(3,4)5/h9,13H,7-8H2,1-6H3. The third-order valence-corrected chi connectivity index (χ3v) is 5.16. The second kappa shape index (κ2) is 6.05. The van der Waals surface area contributed by atoms with Crippen LogP contribution in [0.3, 0.4) is 0 Å². The van der Waals surface area contributed by atoms with Crippen molar-refractivity contribution in [1.29, 1.82) is 0 Å². The third kappa shape index (κ3) is 3.71. The molecule has 102 valence electrons. The summed E-state index contributed by atoms with van der Waals surface area (Å²) in [4.78, 5) is 5.04. The molecule has 0 spiro atoms. The van der Waals surface area contributed by atoms with Crippen LogP contribution in [0, 0.1) is 19.3 Å². The second-order valence-corrected chi connectivity index (χ2v) is 7.02. The van der Waals surface area contributed by atoms with Gasteiger partial charge < -0.3 is 4.74 Å². The zero-order chi connectivity index (χ0) is 13.9. The van der Waals surface area contributed by atoms with Crippen LogP contribution in [0.15, 0.2) is 6.20 Å². The first-order valence-corrected chi connectivity index (χ1v) is 7.32. The molecule has 2 nitrogen and oxygen atoms in total. The molecule has 0 aliphatic carbocycles. The number of hydrogen-bond donors (Lipinski definition) is 0. The summed E-state index contributed by atoms with van der Waals surface area (Å²) in [6, 6.07) is 0. The predicted molar refractivity (Wildman–Crippen MR) is 80.8 cm³/mol. The molecular weight excluding hydrogens is 290 g/mol. The lowest BCUT2D eigenvalue weighted by Gasteiger charge is -2.25. The van der Waals surface area contributed by atoms with Crippen molar-refractivity contribution >= 4 is 15.9 Å². The van der Waals surface area contributed by atoms with Crippen molar-refractivity contribution in [3.8, 4) is 5.75 Å². The smallest absolute Gasteiger partial charge is 0.128 e. The van der Waals surface area contributed by atoms with E-state index < -0.39 is 0 Å². The van der Waals surface area contributed by atoms with Crippen LogP contribution in [0.1, 0.15) is 44.0 Å². The lowest BCUT2D eigenvalue weighted by molar-refractivity contribution is 0.383. The molecule has 1 aromatic rings. The van der Waals surface area contributed by atoms with Gasteiger partial charge >= 0.3 is 0 Å². The minimum atomic E-state index is 0.280. The number of halogens is 1. The SMILES string of the molecule is COc1c(C)cnc(CCC(Br)C(C)(C)C)c1C. The zero-order valence-electron chi connectivity index (χ0n) is 12.3. The largest absolute Gasteiger partial charge is 0.496 e. The van der Waals surface area contributed by atoms with Crippen molar-refractivity contribution in [2.24, 2.45) is 5.41 Å². The Hall–Kier alpha value is -0.570. The highest BCUT2D eigenvalue weighted by Crippen LogP contribution is 2.31. The van der Waals surface area contributed by atoms with Gasteiger partial charge in [0.2, 0.25) is 0 Å². The quantitative estimate of drug-likeness (QED) is 0.766. The molecule has 1 atom stereocenters. The molecule has 1 aromatic heterocycles. The van der Waals surface area contributed by atoms with Crippen molar-refractivity contribution in [3.05, 3.63) is 23.0 Å². The molecule has 0 bridgehead atoms. The lowest BCUT2D eigenvalue weighted by Crippen LogP contribution is -2.21. The van der Waals surface area contributed by atoms with Crippen LogP contribution in [0.5, 0.6) is 5.75 Å². The number of pyridine rings is 1. The van der Waals surface area contributed by atoms with Gasteiger partial charge in [0, 0.05) is 27.8 Å². The molecule has 1 unspecified atom stereocenters. The van der Waals surface area contributed by atoms with Crippen LogP contribution in [0.25, 0.3) is 0 Å². The Morgan fingerprint density at radius 3 is 2.44 bits per heavy atom. The normalized spacial score (nSPS) is 13.5. The number of methoxy groups -OCH3 is 1. The van der Waals surface area contributed by atoms with Crippen LogP contribution in [-0.2, 0) is 6.42 Å². The summed E-state index contributed by atoms with van der Waals surface area (Å²) < 4.78 is 5.44. The fourth-order valence-corrected chi connectivity index (χ4v) is 2.25. The molecule has 0 amide bonds. The van der Waals surface area contributed by atoms with Gasteiger partial charge in [-0.25, -0.2) is 0 Å². The number of nitrogens with zero attached hydrogens (tertiary/aromatic N) is 1. The van der Waals surface area contributed by atoms with E-state index >= 15 is 0 Å². The van der Waals surface area contributed by atoms with Crippen molar-refractivity contribution in [2.45, 2.75) is 52.3 Å². The number of alkyl halides is 1. The second-order valence-electron chi connectivity index (χ2n) is 5.92. The van der Waals surface area contributed by atoms with Crippen LogP contribution in [-0.4, -0.2) is 16.9 Å². The average Bonchev–Trinajstić information content (AvgIpc) is 2.27. The summed E-state index contributed by atoms with van der Waals surface area (Å²) in [5.74, 6) is 0.974. The van der Waals surface area contributed by atoms with Gasteiger partial charge in [0.1, 0.15) is 5.75 Å². The lowest BCUT2D eigenvalue weighted by atomic mass is 9.89. The van der Waals surface area contributed by atoms with Crippen molar-refractivity contribution in [3.63, 3.8) is 0 Å². The van der Waals surface area contributed by atoms with Gasteiger partial charge in [0.25, 0.3) is 0 Å². The molecule has 0 saturated heterocycles. The highest BCUT2D eigenvalue weighted by Gasteiger charge is 2.22. The number of aromatic nitrogens is 1. The third-order valence-electron chi connectivity index (χ3n) is 3.32. The van der Waals surface area contributed by atoms with Crippen molar-refractivity contribution < 1.29 is 4.74 Å². The summed E-state index contributed by atoms with van der Waals surface area (Å²) in [6.45, 7) is 10.9. The molecule has 1 rings (SSSR count). The Labute approximate surface area is 119 Å². The van der Waals surface area contributed by atoms with Crippen LogP contribution < -0.4 is 4.74 Å². The van der Waals surface area contributed by atoms with Crippen molar-refractivity contribution in [1.82, 2.24) is 4.98 Å². The molecule has 0 fully saturated rings. The van der Waals surface area contributed by atoms with Gasteiger partial charge in [0.15, 0.2) is 0 Å². The van der Waals surface area contributed by atoms with Crippen LogP contribution in [0.2, 0.25) is 0 Å². The minimum absolute atomic E-state index is 0.280. The Morgan fingerprint density at radius 1 is 1.33 bits per heavy atom. The first-order valence-electron chi connectivity index (χ1n) is 6.40. The van der Waals surface area contributed by atoms with E-state index in [4.69, 9.17) is 4.74 Å². The molecule has 18 heavy (non-hydrogen) atoms. The Morgan fingerprint density at radius 2 is 1.94 bits per heavy atom. The first-order chi connectivity index (χ1) is 8.27. The molecule has 0 aromatic carbocycles. The van der Waals surface area contributed by atoms with E-state index in [1.54, 1.807) is 7.11 Å². The number of ether oxygens (including phenoxy) is 1. The maximum atomic E-state index is 5.44. The van der Waals surface area contributed by atoms with Gasteiger partial charge in [-0.2, -0.15) is 0 Å². The van der Waals surface area contributed by atoms with E-state index in [1.807, 2.05) is 13.1 Å². The topological polar surface area (TPSA) is 22.1 Å². The van der Waals surface area contributed by atoms with Gasteiger partial charge in [-0.05, 0) is 32.1 Å². The maximum Gasteiger partial charge on any atom is 0.128 e. The average molecular weight is 314 g/mol. The van der Waals surface area contributed by atoms with E-state index in [0.717, 1.165) is 29.8 Å². The molecule has 0 aliphatic rings. The van der Waals surface area contributed by atoms with E-state index in [0.29, 0.717) is 4.83 Å². The maximum absolute atomic E-state index is 5.44. The van der Waals surface area contributed by atoms with Crippen molar-refractivity contribution in [2.75, 3.05) is 7.11 Å². The van der Waals surface area contributed by atoms with Crippen LogP contribution >= 0.6 is 15.9 Å². The summed E-state index contributed by atoms with van der Waals surface area (Å²) >= 11 is 3.77. The highest BCUT2D eigenvalue weighted by atomic mass is 79.9. The molecule has 0 N–H and O–H groups in total. The van der Waals surface area contributed by atoms with E-state index in [9.17, 15) is 0 Å². The number of rotatable bonds is 4. The molecule has 0 aliphatic heterocycles. The number of aryl methyl sites for hydroxylation is 2. The van der Waals surface area contributed by atoms with Gasteiger partial charge in [-0.15, -0.1) is 0 Å². The highest BCUT2D eigenvalue weighted by molar-refractivity contribution is 9.09. The molecule has 0 radical (unpaired) electrons. The fraction of sp³-hybridized carbons (Fsp3) is 0.667. The van der Waals surface area contributed by atoms with E-state index in [2.05, 4.69) is 48.6 Å². The Bertz CT molecular complexity index is 410. The summed E-state index contributed by atoms with van der Waals surface area (Å²) in [6.07, 6.45) is 3.97. The molecule has 0 saturated carbocycles. The van der Waals surface area contributed by atoms with Crippen LogP contribution in [0.4, 0.5) is 0 Å². The Balaban J connectivity index is 2.81. The summed E-state index contributed by atoms with van der Waals surface area (Å²) in [7, 11) is 1.72. The minimum Gasteiger partial charge on any atom is -0.496 e. The zero-order valence-corrected chi connectivity index (χ0v) is 13.9. The molecule has 3 heteroatoms. The first kappa shape index (κ1) is 15.5.